The first-order valence-electron chi connectivity index (χ1n) is 5.73. The third-order valence-electron chi connectivity index (χ3n) is 2.26. The monoisotopic (exact) mass is 253 g/mol. The van der Waals surface area contributed by atoms with Gasteiger partial charge >= 0.3 is 0 Å². The molecular formula is C11H19N5O2. The van der Waals surface area contributed by atoms with Gasteiger partial charge in [-0.1, -0.05) is 6.92 Å². The third-order valence-corrected chi connectivity index (χ3v) is 2.26. The molecule has 1 aromatic rings. The van der Waals surface area contributed by atoms with Gasteiger partial charge in [-0.15, -0.1) is 0 Å². The summed E-state index contributed by atoms with van der Waals surface area (Å²) in [5.41, 5.74) is 5.55. The summed E-state index contributed by atoms with van der Waals surface area (Å²) in [6.45, 7) is 2.88. The Morgan fingerprint density at radius 1 is 1.56 bits per heavy atom. The number of ether oxygens (including phenoxy) is 1. The number of nitrogen functional groups attached to an aromatic ring is 1. The molecule has 0 aliphatic carbocycles. The molecule has 100 valence electrons. The fourth-order valence-electron chi connectivity index (χ4n) is 1.35. The van der Waals surface area contributed by atoms with Crippen molar-refractivity contribution >= 4 is 17.7 Å². The molecule has 7 nitrogen and oxygen atoms in total. The van der Waals surface area contributed by atoms with Gasteiger partial charge in [0.1, 0.15) is 5.82 Å². The van der Waals surface area contributed by atoms with Crippen molar-refractivity contribution in [3.05, 3.63) is 6.07 Å². The van der Waals surface area contributed by atoms with E-state index in [2.05, 4.69) is 15.3 Å². The van der Waals surface area contributed by atoms with E-state index in [1.807, 2.05) is 6.92 Å². The average Bonchev–Trinajstić information content (AvgIpc) is 2.35. The van der Waals surface area contributed by atoms with Crippen LogP contribution in [0.1, 0.15) is 13.3 Å². The van der Waals surface area contributed by atoms with Crippen LogP contribution in [0.2, 0.25) is 0 Å². The predicted molar refractivity (Wildman–Crippen MR) is 69.6 cm³/mol. The fraction of sp³-hybridized carbons (Fsp3) is 0.545. The van der Waals surface area contributed by atoms with Gasteiger partial charge in [-0.25, -0.2) is 0 Å². The smallest absolute Gasteiger partial charge is 0.239 e. The van der Waals surface area contributed by atoms with Crippen LogP contribution < -0.4 is 20.7 Å². The van der Waals surface area contributed by atoms with Crippen LogP contribution in [0.5, 0.6) is 5.88 Å². The molecule has 18 heavy (non-hydrogen) atoms. The number of nitrogens with zero attached hydrogens (tertiary/aromatic N) is 3. The van der Waals surface area contributed by atoms with Gasteiger partial charge in [0.2, 0.25) is 17.7 Å². The number of carbonyl (C=O) groups excluding carboxylic acids is 1. The average molecular weight is 253 g/mol. The number of hydrogen-bond donors (Lipinski definition) is 2. The highest BCUT2D eigenvalue weighted by Crippen LogP contribution is 2.16. The summed E-state index contributed by atoms with van der Waals surface area (Å²) in [6.07, 6.45) is 0.906. The van der Waals surface area contributed by atoms with Gasteiger partial charge in [0, 0.05) is 19.7 Å². The Balaban J connectivity index is 2.68. The number of amides is 1. The fourth-order valence-corrected chi connectivity index (χ4v) is 1.35. The van der Waals surface area contributed by atoms with E-state index in [0.29, 0.717) is 18.2 Å². The van der Waals surface area contributed by atoms with Gasteiger partial charge in [0.15, 0.2) is 0 Å². The van der Waals surface area contributed by atoms with E-state index in [1.54, 1.807) is 18.0 Å². The van der Waals surface area contributed by atoms with Crippen molar-refractivity contribution in [3.63, 3.8) is 0 Å². The van der Waals surface area contributed by atoms with Gasteiger partial charge < -0.3 is 20.7 Å². The second-order valence-corrected chi connectivity index (χ2v) is 3.83. The van der Waals surface area contributed by atoms with Crippen LogP contribution in [-0.4, -0.2) is 43.1 Å². The van der Waals surface area contributed by atoms with Crippen LogP contribution >= 0.6 is 0 Å². The summed E-state index contributed by atoms with van der Waals surface area (Å²) < 4.78 is 5.00. The number of likely N-dealkylation sites (N-methyl/N-ethyl adjacent to an activating group) is 1. The number of anilines is 2. The Morgan fingerprint density at radius 3 is 2.89 bits per heavy atom. The maximum absolute atomic E-state index is 11.6. The van der Waals surface area contributed by atoms with E-state index in [0.717, 1.165) is 6.42 Å². The first kappa shape index (κ1) is 14.0. The minimum atomic E-state index is -0.0597. The zero-order valence-corrected chi connectivity index (χ0v) is 10.9. The van der Waals surface area contributed by atoms with Crippen LogP contribution in [0.4, 0.5) is 11.8 Å². The number of carbonyl (C=O) groups is 1. The Bertz CT molecular complexity index is 410. The van der Waals surface area contributed by atoms with E-state index in [-0.39, 0.29) is 18.4 Å². The summed E-state index contributed by atoms with van der Waals surface area (Å²) in [7, 11) is 3.26. The zero-order valence-electron chi connectivity index (χ0n) is 10.9. The Morgan fingerprint density at radius 2 is 2.28 bits per heavy atom. The lowest BCUT2D eigenvalue weighted by Gasteiger charge is -2.18. The maximum atomic E-state index is 11.6. The molecule has 0 radical (unpaired) electrons. The predicted octanol–water partition coefficient (Wildman–Crippen LogP) is 0.0298. The number of aromatic nitrogens is 2. The lowest BCUT2D eigenvalue weighted by Crippen LogP contribution is -2.35. The number of methoxy groups -OCH3 is 1. The standard InChI is InChI=1S/C11H19N5O2/c1-4-5-13-9(17)7-16(2)8-6-10(18-3)15-11(12)14-8/h6H,4-5,7H2,1-3H3,(H,13,17)(H2,12,14,15). The maximum Gasteiger partial charge on any atom is 0.239 e. The highest BCUT2D eigenvalue weighted by Gasteiger charge is 2.10. The minimum Gasteiger partial charge on any atom is -0.481 e. The molecule has 1 heterocycles. The quantitative estimate of drug-likeness (QED) is 0.743. The molecule has 1 amide bonds. The van der Waals surface area contributed by atoms with E-state index in [4.69, 9.17) is 10.5 Å². The number of nitrogens with two attached hydrogens (primary N) is 1. The highest BCUT2D eigenvalue weighted by molar-refractivity contribution is 5.80. The summed E-state index contributed by atoms with van der Waals surface area (Å²) in [6, 6.07) is 1.63. The normalized spacial score (nSPS) is 9.94. The largest absolute Gasteiger partial charge is 0.481 e. The molecule has 0 saturated heterocycles. The van der Waals surface area contributed by atoms with Gasteiger partial charge in [0.25, 0.3) is 0 Å². The molecule has 0 saturated carbocycles. The minimum absolute atomic E-state index is 0.0597. The van der Waals surface area contributed by atoms with Crippen molar-refractivity contribution in [2.24, 2.45) is 0 Å². The lowest BCUT2D eigenvalue weighted by atomic mass is 10.4. The van der Waals surface area contributed by atoms with Crippen molar-refractivity contribution in [2.75, 3.05) is 37.9 Å². The molecule has 1 aromatic heterocycles. The van der Waals surface area contributed by atoms with Crippen molar-refractivity contribution in [2.45, 2.75) is 13.3 Å². The number of nitrogens with one attached hydrogen (secondary N) is 1. The molecule has 0 bridgehead atoms. The van der Waals surface area contributed by atoms with Crippen LogP contribution in [0.25, 0.3) is 0 Å². The molecule has 0 fully saturated rings. The molecule has 0 aromatic carbocycles. The van der Waals surface area contributed by atoms with E-state index >= 15 is 0 Å². The first-order valence-corrected chi connectivity index (χ1v) is 5.73. The summed E-state index contributed by atoms with van der Waals surface area (Å²) in [5.74, 6) is 0.977. The molecule has 0 aliphatic heterocycles. The van der Waals surface area contributed by atoms with Crippen LogP contribution in [0, 0.1) is 0 Å². The summed E-state index contributed by atoms with van der Waals surface area (Å²) in [4.78, 5) is 21.2. The highest BCUT2D eigenvalue weighted by atomic mass is 16.5. The topological polar surface area (TPSA) is 93.4 Å². The molecular weight excluding hydrogens is 234 g/mol. The Kier molecular flexibility index (Phi) is 5.16. The van der Waals surface area contributed by atoms with Crippen molar-refractivity contribution in [3.8, 4) is 5.88 Å². The van der Waals surface area contributed by atoms with E-state index in [1.165, 1.54) is 7.11 Å². The summed E-state index contributed by atoms with van der Waals surface area (Å²) in [5, 5.41) is 2.79. The molecule has 0 spiro atoms. The molecule has 0 aliphatic rings. The first-order chi connectivity index (χ1) is 8.56. The van der Waals surface area contributed by atoms with Crippen molar-refractivity contribution in [1.82, 2.24) is 15.3 Å². The van der Waals surface area contributed by atoms with Crippen LogP contribution in [0.15, 0.2) is 6.07 Å². The Labute approximate surface area is 106 Å². The SMILES string of the molecule is CCCNC(=O)CN(C)c1cc(OC)nc(N)n1. The van der Waals surface area contributed by atoms with Crippen molar-refractivity contribution in [1.29, 1.82) is 0 Å². The zero-order chi connectivity index (χ0) is 13.5. The Hall–Kier alpha value is -2.05. The van der Waals surface area contributed by atoms with Crippen LogP contribution in [0.3, 0.4) is 0 Å². The van der Waals surface area contributed by atoms with Gasteiger partial charge in [-0.2, -0.15) is 9.97 Å². The van der Waals surface area contributed by atoms with Crippen molar-refractivity contribution < 1.29 is 9.53 Å². The van der Waals surface area contributed by atoms with Gasteiger partial charge in [-0.3, -0.25) is 4.79 Å². The summed E-state index contributed by atoms with van der Waals surface area (Å²) >= 11 is 0. The second-order valence-electron chi connectivity index (χ2n) is 3.83. The molecule has 0 unspecified atom stereocenters. The molecule has 7 heteroatoms. The number of rotatable bonds is 6. The lowest BCUT2D eigenvalue weighted by molar-refractivity contribution is -0.119. The van der Waals surface area contributed by atoms with E-state index < -0.39 is 0 Å². The third kappa shape index (κ3) is 4.08. The van der Waals surface area contributed by atoms with Crippen LogP contribution in [-0.2, 0) is 4.79 Å². The molecule has 1 rings (SSSR count). The number of hydrogen-bond acceptors (Lipinski definition) is 6. The molecule has 0 atom stereocenters. The van der Waals surface area contributed by atoms with E-state index in [9.17, 15) is 4.79 Å². The molecule has 3 N–H and O–H groups in total. The van der Waals surface area contributed by atoms with Gasteiger partial charge in [0.05, 0.1) is 13.7 Å². The van der Waals surface area contributed by atoms with Gasteiger partial charge in [-0.05, 0) is 6.42 Å². The second kappa shape index (κ2) is 6.63.